The van der Waals surface area contributed by atoms with Gasteiger partial charge in [-0.05, 0) is 50.1 Å². The molecule has 1 aliphatic rings. The molecule has 21 heavy (non-hydrogen) atoms. The third kappa shape index (κ3) is 3.59. The molecule has 0 radical (unpaired) electrons. The fraction of sp³-hybridized carbons (Fsp3) is 0.385. The lowest BCUT2D eigenvalue weighted by Crippen LogP contribution is -2.42. The van der Waals surface area contributed by atoms with E-state index < -0.39 is 27.9 Å². The largest absolute Gasteiger partial charge is 0.480 e. The van der Waals surface area contributed by atoms with Gasteiger partial charge in [-0.25, -0.2) is 17.9 Å². The number of rotatable bonds is 6. The van der Waals surface area contributed by atoms with Crippen molar-refractivity contribution >= 4 is 21.9 Å². The number of amides is 1. The molecule has 1 atom stereocenters. The summed E-state index contributed by atoms with van der Waals surface area (Å²) in [5.74, 6) is -1.60. The Kier molecular flexibility index (Phi) is 4.29. The van der Waals surface area contributed by atoms with Gasteiger partial charge in [-0.15, -0.1) is 0 Å². The summed E-state index contributed by atoms with van der Waals surface area (Å²) >= 11 is 0. The second-order valence-corrected chi connectivity index (χ2v) is 6.75. The Hall–Kier alpha value is -1.93. The van der Waals surface area contributed by atoms with E-state index in [0.29, 0.717) is 0 Å². The van der Waals surface area contributed by atoms with Crippen LogP contribution in [0.2, 0.25) is 0 Å². The molecule has 1 aliphatic carbocycles. The summed E-state index contributed by atoms with van der Waals surface area (Å²) in [5.41, 5.74) is 0.219. The summed E-state index contributed by atoms with van der Waals surface area (Å²) in [6.45, 7) is 0. The SMILES string of the molecule is CNS(=O)(=O)c1ccc(C(=O)NC(C(=O)O)C2CC2)cc1. The molecule has 1 fully saturated rings. The van der Waals surface area contributed by atoms with Crippen molar-refractivity contribution in [2.75, 3.05) is 7.05 Å². The molecule has 7 nitrogen and oxygen atoms in total. The molecule has 0 heterocycles. The Bertz CT molecular complexity index is 650. The van der Waals surface area contributed by atoms with E-state index in [-0.39, 0.29) is 16.4 Å². The van der Waals surface area contributed by atoms with E-state index in [1.807, 2.05) is 0 Å². The van der Waals surface area contributed by atoms with E-state index in [0.717, 1.165) is 12.8 Å². The van der Waals surface area contributed by atoms with Crippen molar-refractivity contribution in [3.63, 3.8) is 0 Å². The Balaban J connectivity index is 2.11. The monoisotopic (exact) mass is 312 g/mol. The minimum Gasteiger partial charge on any atom is -0.480 e. The summed E-state index contributed by atoms with van der Waals surface area (Å²) in [6.07, 6.45) is 1.58. The van der Waals surface area contributed by atoms with Crippen LogP contribution in [0, 0.1) is 5.92 Å². The second kappa shape index (κ2) is 5.82. The van der Waals surface area contributed by atoms with Gasteiger partial charge < -0.3 is 10.4 Å². The third-order valence-corrected chi connectivity index (χ3v) is 4.77. The van der Waals surface area contributed by atoms with Gasteiger partial charge in [0.25, 0.3) is 5.91 Å². The first-order valence-corrected chi connectivity index (χ1v) is 7.91. The van der Waals surface area contributed by atoms with Crippen molar-refractivity contribution in [1.82, 2.24) is 10.0 Å². The average molecular weight is 312 g/mol. The van der Waals surface area contributed by atoms with E-state index in [1.165, 1.54) is 31.3 Å². The van der Waals surface area contributed by atoms with E-state index in [1.54, 1.807) is 0 Å². The van der Waals surface area contributed by atoms with Crippen molar-refractivity contribution in [3.05, 3.63) is 29.8 Å². The maximum Gasteiger partial charge on any atom is 0.326 e. The minimum absolute atomic E-state index is 0.0182. The summed E-state index contributed by atoms with van der Waals surface area (Å²) in [7, 11) is -2.26. The average Bonchev–Trinajstić information content (AvgIpc) is 3.28. The number of hydrogen-bond acceptors (Lipinski definition) is 4. The van der Waals surface area contributed by atoms with E-state index >= 15 is 0 Å². The van der Waals surface area contributed by atoms with E-state index in [9.17, 15) is 18.0 Å². The summed E-state index contributed by atoms with van der Waals surface area (Å²) < 4.78 is 25.3. The molecule has 1 saturated carbocycles. The molecule has 1 aromatic carbocycles. The zero-order chi connectivity index (χ0) is 15.6. The number of carbonyl (C=O) groups excluding carboxylic acids is 1. The summed E-state index contributed by atoms with van der Waals surface area (Å²) in [4.78, 5) is 23.1. The van der Waals surface area contributed by atoms with Crippen LogP contribution in [0.5, 0.6) is 0 Å². The highest BCUT2D eigenvalue weighted by atomic mass is 32.2. The molecule has 0 aliphatic heterocycles. The van der Waals surface area contributed by atoms with Crippen molar-refractivity contribution in [2.24, 2.45) is 5.92 Å². The van der Waals surface area contributed by atoms with Gasteiger partial charge in [-0.3, -0.25) is 4.79 Å². The van der Waals surface area contributed by atoms with Gasteiger partial charge in [0.05, 0.1) is 4.90 Å². The molecule has 0 spiro atoms. The highest BCUT2D eigenvalue weighted by Gasteiger charge is 2.37. The number of carboxylic acids is 1. The lowest BCUT2D eigenvalue weighted by molar-refractivity contribution is -0.139. The highest BCUT2D eigenvalue weighted by molar-refractivity contribution is 7.89. The standard InChI is InChI=1S/C13H16N2O5S/c1-14-21(19,20)10-6-4-9(5-7-10)12(16)15-11(13(17)18)8-2-3-8/h4-8,11,14H,2-3H2,1H3,(H,15,16)(H,17,18). The molecule has 0 aromatic heterocycles. The number of hydrogen-bond donors (Lipinski definition) is 3. The smallest absolute Gasteiger partial charge is 0.326 e. The van der Waals surface area contributed by atoms with Crippen LogP contribution in [0.1, 0.15) is 23.2 Å². The Morgan fingerprint density at radius 1 is 1.24 bits per heavy atom. The van der Waals surface area contributed by atoms with Gasteiger partial charge in [0.15, 0.2) is 0 Å². The molecule has 0 saturated heterocycles. The quantitative estimate of drug-likeness (QED) is 0.694. The van der Waals surface area contributed by atoms with Gasteiger partial charge in [0, 0.05) is 5.56 Å². The van der Waals surface area contributed by atoms with Crippen molar-refractivity contribution in [1.29, 1.82) is 0 Å². The van der Waals surface area contributed by atoms with Gasteiger partial charge in [0.1, 0.15) is 6.04 Å². The van der Waals surface area contributed by atoms with Crippen molar-refractivity contribution in [2.45, 2.75) is 23.8 Å². The maximum atomic E-state index is 12.0. The normalized spacial score (nSPS) is 16.2. The second-order valence-electron chi connectivity index (χ2n) is 4.86. The van der Waals surface area contributed by atoms with E-state index in [2.05, 4.69) is 10.0 Å². The first-order valence-electron chi connectivity index (χ1n) is 6.42. The number of benzene rings is 1. The van der Waals surface area contributed by atoms with Crippen LogP contribution in [0.25, 0.3) is 0 Å². The van der Waals surface area contributed by atoms with Crippen molar-refractivity contribution in [3.8, 4) is 0 Å². The van der Waals surface area contributed by atoms with Crippen LogP contribution >= 0.6 is 0 Å². The third-order valence-electron chi connectivity index (χ3n) is 3.34. The highest BCUT2D eigenvalue weighted by Crippen LogP contribution is 2.32. The predicted octanol–water partition coefficient (Wildman–Crippen LogP) is 0.188. The molecule has 2 rings (SSSR count). The molecular weight excluding hydrogens is 296 g/mol. The Morgan fingerprint density at radius 2 is 1.81 bits per heavy atom. The number of carboxylic acid groups (broad SMARTS) is 1. The fourth-order valence-electron chi connectivity index (χ4n) is 1.94. The molecule has 3 N–H and O–H groups in total. The van der Waals surface area contributed by atoms with Crippen LogP contribution in [0.15, 0.2) is 29.2 Å². The Labute approximate surface area is 122 Å². The van der Waals surface area contributed by atoms with Gasteiger partial charge in [0.2, 0.25) is 10.0 Å². The topological polar surface area (TPSA) is 113 Å². The molecule has 1 unspecified atom stereocenters. The first kappa shape index (κ1) is 15.5. The van der Waals surface area contributed by atoms with Gasteiger partial charge >= 0.3 is 5.97 Å². The van der Waals surface area contributed by atoms with Crippen LogP contribution in [0.4, 0.5) is 0 Å². The number of nitrogens with one attached hydrogen (secondary N) is 2. The number of sulfonamides is 1. The first-order chi connectivity index (χ1) is 9.85. The zero-order valence-corrected chi connectivity index (χ0v) is 12.2. The molecule has 114 valence electrons. The zero-order valence-electron chi connectivity index (χ0n) is 11.4. The fourth-order valence-corrected chi connectivity index (χ4v) is 2.67. The van der Waals surface area contributed by atoms with Crippen LogP contribution in [-0.2, 0) is 14.8 Å². The molecule has 1 amide bonds. The molecule has 0 bridgehead atoms. The lowest BCUT2D eigenvalue weighted by Gasteiger charge is -2.13. The van der Waals surface area contributed by atoms with Crippen LogP contribution in [0.3, 0.4) is 0 Å². The number of carbonyl (C=O) groups is 2. The van der Waals surface area contributed by atoms with Crippen molar-refractivity contribution < 1.29 is 23.1 Å². The molecule has 8 heteroatoms. The summed E-state index contributed by atoms with van der Waals surface area (Å²) in [5, 5.41) is 11.5. The summed E-state index contributed by atoms with van der Waals surface area (Å²) in [6, 6.07) is 4.41. The molecular formula is C13H16N2O5S. The molecule has 1 aromatic rings. The van der Waals surface area contributed by atoms with Crippen LogP contribution < -0.4 is 10.0 Å². The predicted molar refractivity (Wildman–Crippen MR) is 74.3 cm³/mol. The lowest BCUT2D eigenvalue weighted by atomic mass is 10.1. The minimum atomic E-state index is -3.56. The Morgan fingerprint density at radius 3 is 2.24 bits per heavy atom. The van der Waals surface area contributed by atoms with Crippen LogP contribution in [-0.4, -0.2) is 38.5 Å². The van der Waals surface area contributed by atoms with Gasteiger partial charge in [-0.1, -0.05) is 0 Å². The van der Waals surface area contributed by atoms with Gasteiger partial charge in [-0.2, -0.15) is 0 Å². The number of aliphatic carboxylic acids is 1. The van der Waals surface area contributed by atoms with E-state index in [4.69, 9.17) is 5.11 Å². The maximum absolute atomic E-state index is 12.0.